The van der Waals surface area contributed by atoms with Gasteiger partial charge in [0.2, 0.25) is 0 Å². The fourth-order valence-corrected chi connectivity index (χ4v) is 5.33. The smallest absolute Gasteiger partial charge is 0.309 e. The van der Waals surface area contributed by atoms with E-state index in [4.69, 9.17) is 9.47 Å². The molecule has 41 heavy (non-hydrogen) atoms. The number of unbranched alkanes of at least 4 members (excludes halogenated alkanes) is 10. The van der Waals surface area contributed by atoms with Crippen LogP contribution in [0.15, 0.2) is 54.6 Å². The predicted octanol–water partition coefficient (Wildman–Crippen LogP) is 9.54. The summed E-state index contributed by atoms with van der Waals surface area (Å²) in [5.41, 5.74) is 2.65. The summed E-state index contributed by atoms with van der Waals surface area (Å²) in [5, 5.41) is 0. The molecular formula is C37H60NO3+. The molecule has 4 heteroatoms. The first kappa shape index (κ1) is 34.9. The molecule has 0 aliphatic heterocycles. The van der Waals surface area contributed by atoms with Crippen LogP contribution in [0.4, 0.5) is 0 Å². The molecule has 2 rings (SSSR count). The first-order valence-electron chi connectivity index (χ1n) is 16.6. The topological polar surface area (TPSA) is 35.5 Å². The Morgan fingerprint density at radius 3 is 2.02 bits per heavy atom. The van der Waals surface area contributed by atoms with Gasteiger partial charge in [-0.15, -0.1) is 0 Å². The van der Waals surface area contributed by atoms with Gasteiger partial charge in [0.25, 0.3) is 0 Å². The number of ether oxygens (including phenoxy) is 2. The van der Waals surface area contributed by atoms with Gasteiger partial charge in [0.15, 0.2) is 0 Å². The van der Waals surface area contributed by atoms with E-state index < -0.39 is 0 Å². The van der Waals surface area contributed by atoms with Crippen molar-refractivity contribution in [2.75, 3.05) is 27.2 Å². The molecule has 0 heterocycles. The third kappa shape index (κ3) is 16.0. The monoisotopic (exact) mass is 566 g/mol. The summed E-state index contributed by atoms with van der Waals surface area (Å²) in [6.07, 6.45) is 17.6. The van der Waals surface area contributed by atoms with Crippen LogP contribution in [0.1, 0.15) is 115 Å². The zero-order valence-corrected chi connectivity index (χ0v) is 27.0. The van der Waals surface area contributed by atoms with E-state index in [1.165, 1.54) is 81.8 Å². The molecule has 4 nitrogen and oxygen atoms in total. The number of quaternary nitrogens is 1. The van der Waals surface area contributed by atoms with Gasteiger partial charge in [-0.25, -0.2) is 0 Å². The van der Waals surface area contributed by atoms with Crippen LogP contribution >= 0.6 is 0 Å². The first-order chi connectivity index (χ1) is 19.8. The summed E-state index contributed by atoms with van der Waals surface area (Å²) in [6, 6.07) is 19.0. The Morgan fingerprint density at radius 1 is 0.780 bits per heavy atom. The molecule has 0 aliphatic carbocycles. The number of rotatable bonds is 23. The maximum Gasteiger partial charge on any atom is 0.309 e. The van der Waals surface area contributed by atoms with Crippen LogP contribution in [-0.2, 0) is 22.5 Å². The molecule has 0 spiro atoms. The number of benzene rings is 2. The van der Waals surface area contributed by atoms with Crippen molar-refractivity contribution >= 4 is 5.97 Å². The maximum absolute atomic E-state index is 12.7. The minimum atomic E-state index is -0.131. The van der Waals surface area contributed by atoms with Gasteiger partial charge in [-0.3, -0.25) is 4.79 Å². The van der Waals surface area contributed by atoms with E-state index in [9.17, 15) is 4.79 Å². The quantitative estimate of drug-likeness (QED) is 0.0763. The zero-order chi connectivity index (χ0) is 29.8. The van der Waals surface area contributed by atoms with Gasteiger partial charge in [0.05, 0.1) is 26.6 Å². The molecule has 0 bridgehead atoms. The van der Waals surface area contributed by atoms with Crippen LogP contribution in [0.25, 0.3) is 0 Å². The highest BCUT2D eigenvalue weighted by atomic mass is 16.6. The molecule has 2 atom stereocenters. The van der Waals surface area contributed by atoms with Crippen LogP contribution in [0.5, 0.6) is 5.75 Å². The lowest BCUT2D eigenvalue weighted by Crippen LogP contribution is -2.40. The largest absolute Gasteiger partial charge is 0.487 e. The van der Waals surface area contributed by atoms with E-state index in [0.717, 1.165) is 42.6 Å². The van der Waals surface area contributed by atoms with Crippen molar-refractivity contribution in [2.45, 2.75) is 123 Å². The summed E-state index contributed by atoms with van der Waals surface area (Å²) in [6.45, 7) is 8.51. The third-order valence-electron chi connectivity index (χ3n) is 8.16. The van der Waals surface area contributed by atoms with Crippen molar-refractivity contribution < 1.29 is 18.8 Å². The Balaban J connectivity index is 1.64. The molecule has 0 saturated carbocycles. The van der Waals surface area contributed by atoms with Crippen molar-refractivity contribution in [1.29, 1.82) is 0 Å². The minimum Gasteiger partial charge on any atom is -0.487 e. The number of esters is 1. The molecule has 0 aliphatic rings. The van der Waals surface area contributed by atoms with E-state index in [1.54, 1.807) is 0 Å². The molecule has 0 saturated heterocycles. The Labute approximate surface area is 252 Å². The molecule has 2 unspecified atom stereocenters. The zero-order valence-electron chi connectivity index (χ0n) is 27.0. The molecular weight excluding hydrogens is 506 g/mol. The maximum atomic E-state index is 12.7. The van der Waals surface area contributed by atoms with Crippen LogP contribution in [0.2, 0.25) is 0 Å². The fourth-order valence-electron chi connectivity index (χ4n) is 5.33. The van der Waals surface area contributed by atoms with E-state index >= 15 is 0 Å². The van der Waals surface area contributed by atoms with E-state index in [2.05, 4.69) is 70.4 Å². The average Bonchev–Trinajstić information content (AvgIpc) is 2.97. The van der Waals surface area contributed by atoms with E-state index in [1.807, 2.05) is 19.1 Å². The molecule has 0 N–H and O–H groups in total. The molecule has 2 aromatic carbocycles. The van der Waals surface area contributed by atoms with E-state index in [-0.39, 0.29) is 18.0 Å². The highest BCUT2D eigenvalue weighted by Gasteiger charge is 2.22. The van der Waals surface area contributed by atoms with Crippen LogP contribution in [0, 0.1) is 5.92 Å². The van der Waals surface area contributed by atoms with E-state index in [0.29, 0.717) is 6.61 Å². The molecule has 0 radical (unpaired) electrons. The minimum absolute atomic E-state index is 0.128. The average molecular weight is 567 g/mol. The van der Waals surface area contributed by atoms with Gasteiger partial charge in [-0.1, -0.05) is 127 Å². The van der Waals surface area contributed by atoms with Gasteiger partial charge >= 0.3 is 5.97 Å². The second-order valence-corrected chi connectivity index (χ2v) is 12.7. The number of aryl methyl sites for hydroxylation is 1. The van der Waals surface area contributed by atoms with Gasteiger partial charge in [0.1, 0.15) is 25.0 Å². The lowest BCUT2D eigenvalue weighted by Gasteiger charge is -2.30. The van der Waals surface area contributed by atoms with Gasteiger partial charge in [-0.05, 0) is 37.0 Å². The van der Waals surface area contributed by atoms with Gasteiger partial charge in [-0.2, -0.15) is 0 Å². The molecule has 0 aromatic heterocycles. The summed E-state index contributed by atoms with van der Waals surface area (Å²) in [5.74, 6) is 0.619. The molecule has 2 aromatic rings. The number of carbonyl (C=O) groups excluding carboxylic acids is 1. The highest BCUT2D eigenvalue weighted by Crippen LogP contribution is 2.20. The Hall–Kier alpha value is -2.33. The lowest BCUT2D eigenvalue weighted by molar-refractivity contribution is -0.904. The number of hydrogen-bond donors (Lipinski definition) is 0. The lowest BCUT2D eigenvalue weighted by atomic mass is 10.0. The standard InChI is InChI=1S/C37H60NO3/c1-6-8-9-10-11-12-13-14-15-16-18-22-33-25-21-26-36(29-33)41-35(7-2)31-40-37(39)32(3)27-28-38(4,5)30-34-23-19-17-20-24-34/h17,19-21,23-26,29,32,35H,6-16,18,22,27-28,30-31H2,1-5H3/q+1. The van der Waals surface area contributed by atoms with Crippen LogP contribution in [0.3, 0.4) is 0 Å². The Kier molecular flexibility index (Phi) is 17.5. The summed E-state index contributed by atoms with van der Waals surface area (Å²) >= 11 is 0. The molecule has 0 amide bonds. The number of nitrogens with zero attached hydrogens (tertiary/aromatic N) is 1. The summed E-state index contributed by atoms with van der Waals surface area (Å²) in [4.78, 5) is 12.7. The van der Waals surface area contributed by atoms with Crippen molar-refractivity contribution in [2.24, 2.45) is 5.92 Å². The highest BCUT2D eigenvalue weighted by molar-refractivity contribution is 5.71. The van der Waals surface area contributed by atoms with Gasteiger partial charge in [0, 0.05) is 12.0 Å². The van der Waals surface area contributed by atoms with Crippen molar-refractivity contribution in [3.63, 3.8) is 0 Å². The fraction of sp³-hybridized carbons (Fsp3) is 0.649. The van der Waals surface area contributed by atoms with Crippen molar-refractivity contribution in [1.82, 2.24) is 0 Å². The SMILES string of the molecule is CCCCCCCCCCCCCc1cccc(OC(CC)COC(=O)C(C)CC[N+](C)(C)Cc2ccccc2)c1. The van der Waals surface area contributed by atoms with Gasteiger partial charge < -0.3 is 14.0 Å². The first-order valence-corrected chi connectivity index (χ1v) is 16.6. The summed E-state index contributed by atoms with van der Waals surface area (Å²) in [7, 11) is 4.44. The molecule has 230 valence electrons. The number of hydrogen-bond acceptors (Lipinski definition) is 3. The Morgan fingerprint density at radius 2 is 1.39 bits per heavy atom. The Bertz CT molecular complexity index is 942. The number of carbonyl (C=O) groups is 1. The third-order valence-corrected chi connectivity index (χ3v) is 8.16. The van der Waals surface area contributed by atoms with Crippen molar-refractivity contribution in [3.8, 4) is 5.75 Å². The van der Waals surface area contributed by atoms with Crippen LogP contribution < -0.4 is 4.74 Å². The van der Waals surface area contributed by atoms with Crippen molar-refractivity contribution in [3.05, 3.63) is 65.7 Å². The predicted molar refractivity (Wildman–Crippen MR) is 173 cm³/mol. The second kappa shape index (κ2) is 20.5. The summed E-state index contributed by atoms with van der Waals surface area (Å²) < 4.78 is 12.8. The normalized spacial score (nSPS) is 13.1. The second-order valence-electron chi connectivity index (χ2n) is 12.7. The molecule has 0 fully saturated rings. The van der Waals surface area contributed by atoms with Crippen LogP contribution in [-0.4, -0.2) is 43.8 Å².